The van der Waals surface area contributed by atoms with Crippen LogP contribution < -0.4 is 5.32 Å². The SMILES string of the molecule is C=CC(=O)N1C[C@H](c2ccc(Br)cc2)[C@@H]1C(=O)NCC(C)C. The van der Waals surface area contributed by atoms with Gasteiger partial charge in [0.25, 0.3) is 0 Å². The summed E-state index contributed by atoms with van der Waals surface area (Å²) in [6, 6.07) is 7.44. The van der Waals surface area contributed by atoms with E-state index in [1.165, 1.54) is 6.08 Å². The van der Waals surface area contributed by atoms with E-state index in [1.54, 1.807) is 4.90 Å². The van der Waals surface area contributed by atoms with E-state index in [-0.39, 0.29) is 17.7 Å². The zero-order chi connectivity index (χ0) is 16.3. The maximum Gasteiger partial charge on any atom is 0.246 e. The Hall–Kier alpha value is -1.62. The summed E-state index contributed by atoms with van der Waals surface area (Å²) in [6.07, 6.45) is 1.26. The Morgan fingerprint density at radius 1 is 1.41 bits per heavy atom. The van der Waals surface area contributed by atoms with Crippen LogP contribution in [-0.2, 0) is 9.59 Å². The van der Waals surface area contributed by atoms with Crippen molar-refractivity contribution >= 4 is 27.7 Å². The van der Waals surface area contributed by atoms with Gasteiger partial charge in [-0.25, -0.2) is 0 Å². The van der Waals surface area contributed by atoms with Crippen molar-refractivity contribution in [2.24, 2.45) is 5.92 Å². The quantitative estimate of drug-likeness (QED) is 0.816. The smallest absolute Gasteiger partial charge is 0.246 e. The molecule has 1 aromatic rings. The molecule has 0 saturated carbocycles. The number of hydrogen-bond acceptors (Lipinski definition) is 2. The van der Waals surface area contributed by atoms with Gasteiger partial charge in [0.2, 0.25) is 11.8 Å². The van der Waals surface area contributed by atoms with Crippen LogP contribution in [-0.4, -0.2) is 35.8 Å². The molecular weight excluding hydrogens is 344 g/mol. The highest BCUT2D eigenvalue weighted by atomic mass is 79.9. The zero-order valence-electron chi connectivity index (χ0n) is 12.9. The number of amides is 2. The largest absolute Gasteiger partial charge is 0.354 e. The fourth-order valence-corrected chi connectivity index (χ4v) is 2.84. The normalized spacial score (nSPS) is 20.5. The maximum atomic E-state index is 12.5. The van der Waals surface area contributed by atoms with Crippen LogP contribution in [0.1, 0.15) is 25.3 Å². The van der Waals surface area contributed by atoms with Gasteiger partial charge in [0.05, 0.1) is 0 Å². The van der Waals surface area contributed by atoms with Gasteiger partial charge >= 0.3 is 0 Å². The molecule has 1 aliphatic heterocycles. The molecule has 0 unspecified atom stereocenters. The van der Waals surface area contributed by atoms with Gasteiger partial charge in [-0.3, -0.25) is 9.59 Å². The summed E-state index contributed by atoms with van der Waals surface area (Å²) in [4.78, 5) is 25.9. The number of carbonyl (C=O) groups is 2. The molecule has 0 radical (unpaired) electrons. The van der Waals surface area contributed by atoms with Gasteiger partial charge in [0.1, 0.15) is 6.04 Å². The highest BCUT2D eigenvalue weighted by Crippen LogP contribution is 2.35. The van der Waals surface area contributed by atoms with Crippen molar-refractivity contribution in [3.63, 3.8) is 0 Å². The van der Waals surface area contributed by atoms with E-state index in [9.17, 15) is 9.59 Å². The summed E-state index contributed by atoms with van der Waals surface area (Å²) >= 11 is 3.41. The minimum absolute atomic E-state index is 0.0316. The number of carbonyl (C=O) groups excluding carboxylic acids is 2. The van der Waals surface area contributed by atoms with Gasteiger partial charge in [-0.05, 0) is 29.7 Å². The first kappa shape index (κ1) is 16.7. The molecule has 0 spiro atoms. The average molecular weight is 365 g/mol. The Kier molecular flexibility index (Phi) is 5.40. The molecular formula is C17H21BrN2O2. The van der Waals surface area contributed by atoms with Crippen molar-refractivity contribution in [1.82, 2.24) is 10.2 Å². The molecule has 1 fully saturated rings. The lowest BCUT2D eigenvalue weighted by Gasteiger charge is -2.46. The lowest BCUT2D eigenvalue weighted by molar-refractivity contribution is -0.146. The third-order valence-electron chi connectivity index (χ3n) is 3.82. The van der Waals surface area contributed by atoms with E-state index in [4.69, 9.17) is 0 Å². The van der Waals surface area contributed by atoms with Crippen molar-refractivity contribution in [1.29, 1.82) is 0 Å². The summed E-state index contributed by atoms with van der Waals surface area (Å²) in [6.45, 7) is 8.75. The van der Waals surface area contributed by atoms with Gasteiger partial charge in [-0.1, -0.05) is 48.5 Å². The Labute approximate surface area is 139 Å². The molecule has 4 nitrogen and oxygen atoms in total. The highest BCUT2D eigenvalue weighted by molar-refractivity contribution is 9.10. The van der Waals surface area contributed by atoms with Crippen LogP contribution in [0.25, 0.3) is 0 Å². The van der Waals surface area contributed by atoms with Crippen molar-refractivity contribution < 1.29 is 9.59 Å². The molecule has 1 aliphatic rings. The first-order valence-corrected chi connectivity index (χ1v) is 8.19. The molecule has 0 aromatic heterocycles. The molecule has 0 bridgehead atoms. The molecule has 1 heterocycles. The minimum Gasteiger partial charge on any atom is -0.354 e. The Morgan fingerprint density at radius 3 is 2.59 bits per heavy atom. The molecule has 2 rings (SSSR count). The zero-order valence-corrected chi connectivity index (χ0v) is 14.5. The monoisotopic (exact) mass is 364 g/mol. The molecule has 1 N–H and O–H groups in total. The third kappa shape index (κ3) is 3.58. The second-order valence-electron chi connectivity index (χ2n) is 5.94. The van der Waals surface area contributed by atoms with Gasteiger partial charge in [-0.2, -0.15) is 0 Å². The molecule has 2 amide bonds. The molecule has 1 saturated heterocycles. The van der Waals surface area contributed by atoms with E-state index in [1.807, 2.05) is 38.1 Å². The first-order valence-electron chi connectivity index (χ1n) is 7.40. The van der Waals surface area contributed by atoms with E-state index >= 15 is 0 Å². The summed E-state index contributed by atoms with van der Waals surface area (Å²) < 4.78 is 0.996. The van der Waals surface area contributed by atoms with Crippen LogP contribution in [0.4, 0.5) is 0 Å². The predicted molar refractivity (Wildman–Crippen MR) is 90.4 cm³/mol. The van der Waals surface area contributed by atoms with Gasteiger partial charge in [0.15, 0.2) is 0 Å². The first-order chi connectivity index (χ1) is 10.4. The van der Waals surface area contributed by atoms with Crippen molar-refractivity contribution in [2.45, 2.75) is 25.8 Å². The lowest BCUT2D eigenvalue weighted by Crippen LogP contribution is -2.63. The van der Waals surface area contributed by atoms with Gasteiger partial charge in [0, 0.05) is 23.5 Å². The van der Waals surface area contributed by atoms with Crippen LogP contribution in [0.3, 0.4) is 0 Å². The fraction of sp³-hybridized carbons (Fsp3) is 0.412. The molecule has 22 heavy (non-hydrogen) atoms. The standard InChI is InChI=1S/C17H21BrN2O2/c1-4-15(21)20-10-14(12-5-7-13(18)8-6-12)16(20)17(22)19-9-11(2)3/h4-8,11,14,16H,1,9-10H2,2-3H3,(H,19,22)/t14-,16-/m1/s1. The van der Waals surface area contributed by atoms with E-state index in [2.05, 4.69) is 27.8 Å². The van der Waals surface area contributed by atoms with Crippen molar-refractivity contribution in [3.05, 3.63) is 47.0 Å². The van der Waals surface area contributed by atoms with Crippen LogP contribution in [0.2, 0.25) is 0 Å². The number of likely N-dealkylation sites (tertiary alicyclic amines) is 1. The van der Waals surface area contributed by atoms with Crippen molar-refractivity contribution in [3.8, 4) is 0 Å². The Bertz CT molecular complexity index is 569. The second-order valence-corrected chi connectivity index (χ2v) is 6.85. The van der Waals surface area contributed by atoms with Crippen LogP contribution in [0, 0.1) is 5.92 Å². The summed E-state index contributed by atoms with van der Waals surface area (Å²) in [5, 5.41) is 2.93. The number of benzene rings is 1. The average Bonchev–Trinajstić information content (AvgIpc) is 2.46. The van der Waals surface area contributed by atoms with E-state index in [0.717, 1.165) is 10.0 Å². The lowest BCUT2D eigenvalue weighted by atomic mass is 9.81. The van der Waals surface area contributed by atoms with Crippen molar-refractivity contribution in [2.75, 3.05) is 13.1 Å². The van der Waals surface area contributed by atoms with Gasteiger partial charge in [-0.15, -0.1) is 0 Å². The number of hydrogen-bond donors (Lipinski definition) is 1. The second kappa shape index (κ2) is 7.09. The number of nitrogens with one attached hydrogen (secondary N) is 1. The number of rotatable bonds is 5. The van der Waals surface area contributed by atoms with Gasteiger partial charge < -0.3 is 10.2 Å². The maximum absolute atomic E-state index is 12.5. The van der Waals surface area contributed by atoms with Crippen LogP contribution >= 0.6 is 15.9 Å². The molecule has 2 atom stereocenters. The predicted octanol–water partition coefficient (Wildman–Crippen LogP) is 2.70. The summed E-state index contributed by atoms with van der Waals surface area (Å²) in [5.41, 5.74) is 1.07. The highest BCUT2D eigenvalue weighted by Gasteiger charge is 2.46. The van der Waals surface area contributed by atoms with E-state index < -0.39 is 6.04 Å². The van der Waals surface area contributed by atoms with Crippen LogP contribution in [0.15, 0.2) is 41.4 Å². The molecule has 118 valence electrons. The Balaban J connectivity index is 2.16. The molecule has 0 aliphatic carbocycles. The fourth-order valence-electron chi connectivity index (χ4n) is 2.58. The summed E-state index contributed by atoms with van der Waals surface area (Å²) in [5.74, 6) is 0.115. The Morgan fingerprint density at radius 2 is 2.05 bits per heavy atom. The molecule has 1 aromatic carbocycles. The minimum atomic E-state index is -0.453. The van der Waals surface area contributed by atoms with Crippen LogP contribution in [0.5, 0.6) is 0 Å². The number of nitrogens with zero attached hydrogens (tertiary/aromatic N) is 1. The number of halogens is 1. The molecule has 5 heteroatoms. The topological polar surface area (TPSA) is 49.4 Å². The van der Waals surface area contributed by atoms with E-state index in [0.29, 0.717) is 19.0 Å². The summed E-state index contributed by atoms with van der Waals surface area (Å²) in [7, 11) is 0. The third-order valence-corrected chi connectivity index (χ3v) is 4.35.